The largest absolute Gasteiger partial charge is 0.395 e. The van der Waals surface area contributed by atoms with Crippen LogP contribution in [-0.2, 0) is 9.48 Å². The predicted octanol–water partition coefficient (Wildman–Crippen LogP) is 4.29. The highest BCUT2D eigenvalue weighted by atomic mass is 32.2. The summed E-state index contributed by atoms with van der Waals surface area (Å²) in [6.07, 6.45) is 0. The van der Waals surface area contributed by atoms with Crippen molar-refractivity contribution < 1.29 is 9.84 Å². The predicted molar refractivity (Wildman–Crippen MR) is 147 cm³/mol. The van der Waals surface area contributed by atoms with Crippen LogP contribution in [0.25, 0.3) is 11.4 Å². The van der Waals surface area contributed by atoms with Crippen LogP contribution in [0.5, 0.6) is 0 Å². The van der Waals surface area contributed by atoms with Crippen LogP contribution in [0, 0.1) is 0 Å². The van der Waals surface area contributed by atoms with Gasteiger partial charge in [-0.15, -0.1) is 11.8 Å². The summed E-state index contributed by atoms with van der Waals surface area (Å²) in [5, 5.41) is 15.5. The Bertz CT molecular complexity index is 1120. The number of benzene rings is 2. The molecule has 0 aliphatic carbocycles. The summed E-state index contributed by atoms with van der Waals surface area (Å²) in [5.74, 6) is 1.62. The molecule has 4 rings (SSSR count). The second kappa shape index (κ2) is 11.8. The second-order valence-corrected chi connectivity index (χ2v) is 10.7. The number of aliphatic hydroxyl groups excluding tert-OH is 1. The summed E-state index contributed by atoms with van der Waals surface area (Å²) in [7, 11) is 0. The number of aromatic nitrogens is 2. The number of thioether (sulfide) groups is 1. The van der Waals surface area contributed by atoms with Crippen LogP contribution in [0.1, 0.15) is 19.5 Å². The van der Waals surface area contributed by atoms with Gasteiger partial charge in [-0.2, -0.15) is 0 Å². The minimum absolute atomic E-state index is 0.0266. The highest BCUT2D eigenvalue weighted by Crippen LogP contribution is 2.41. The molecule has 0 saturated carbocycles. The lowest BCUT2D eigenvalue weighted by Gasteiger charge is -2.30. The lowest BCUT2D eigenvalue weighted by Crippen LogP contribution is -2.37. The number of nitrogens with zero attached hydrogens (tertiary/aromatic N) is 3. The number of anilines is 2. The third kappa shape index (κ3) is 6.91. The Hall–Kier alpha value is -2.72. The molecular formula is C26H31N5O2S2. The first kappa shape index (κ1) is 25.4. The van der Waals surface area contributed by atoms with Crippen LogP contribution < -0.4 is 15.5 Å². The van der Waals surface area contributed by atoms with Gasteiger partial charge in [0.05, 0.1) is 30.3 Å². The fourth-order valence-corrected chi connectivity index (χ4v) is 5.02. The zero-order valence-electron chi connectivity index (χ0n) is 20.0. The summed E-state index contributed by atoms with van der Waals surface area (Å²) in [4.78, 5) is 13.4. The lowest BCUT2D eigenvalue weighted by molar-refractivity contribution is 0.122. The Labute approximate surface area is 216 Å². The quantitative estimate of drug-likeness (QED) is 0.304. The first-order valence-corrected chi connectivity index (χ1v) is 12.9. The van der Waals surface area contributed by atoms with Gasteiger partial charge in [0, 0.05) is 41.8 Å². The smallest absolute Gasteiger partial charge is 0.170 e. The van der Waals surface area contributed by atoms with Crippen LogP contribution in [0.4, 0.5) is 11.5 Å². The molecule has 0 radical (unpaired) electrons. The van der Waals surface area contributed by atoms with E-state index in [1.807, 2.05) is 30.3 Å². The molecule has 184 valence electrons. The minimum Gasteiger partial charge on any atom is -0.395 e. The van der Waals surface area contributed by atoms with E-state index in [1.165, 1.54) is 4.90 Å². The Balaban J connectivity index is 1.63. The summed E-state index contributed by atoms with van der Waals surface area (Å²) in [6.45, 7) is 7.85. The first-order valence-electron chi connectivity index (χ1n) is 11.7. The van der Waals surface area contributed by atoms with E-state index in [-0.39, 0.29) is 11.4 Å². The van der Waals surface area contributed by atoms with Crippen molar-refractivity contribution in [3.05, 3.63) is 66.4 Å². The summed E-state index contributed by atoms with van der Waals surface area (Å²) in [6, 6.07) is 20.4. The van der Waals surface area contributed by atoms with Gasteiger partial charge in [0.15, 0.2) is 10.9 Å². The number of ether oxygens (including phenoxy) is 1. The standard InChI is InChI=1S/C26H31N5O2S2/c1-26(2,35-21-6-4-3-5-7-21)22-18-23(31-13-16-33-17-14-31)30-24(29-22)19-8-10-20(11-9-19)28-25(34)27-12-15-32/h3-11,18,32H,12-17H2,1-2H3,(H2,27,28,34). The van der Waals surface area contributed by atoms with Gasteiger partial charge in [0.1, 0.15) is 5.82 Å². The molecule has 35 heavy (non-hydrogen) atoms. The number of morpholine rings is 1. The molecule has 0 amide bonds. The van der Waals surface area contributed by atoms with Gasteiger partial charge in [0.2, 0.25) is 0 Å². The monoisotopic (exact) mass is 509 g/mol. The van der Waals surface area contributed by atoms with Gasteiger partial charge in [-0.05, 0) is 62.5 Å². The molecule has 0 unspecified atom stereocenters. The van der Waals surface area contributed by atoms with Crippen LogP contribution >= 0.6 is 24.0 Å². The fourth-order valence-electron chi connectivity index (χ4n) is 3.71. The average Bonchev–Trinajstić information content (AvgIpc) is 2.88. The lowest BCUT2D eigenvalue weighted by atomic mass is 10.1. The SMILES string of the molecule is CC(C)(Sc1ccccc1)c1cc(N2CCOCC2)nc(-c2ccc(NC(=S)NCCO)cc2)n1. The Morgan fingerprint density at radius 3 is 2.49 bits per heavy atom. The number of aliphatic hydroxyl groups is 1. The number of rotatable bonds is 8. The molecular weight excluding hydrogens is 478 g/mol. The van der Waals surface area contributed by atoms with E-state index < -0.39 is 0 Å². The van der Waals surface area contributed by atoms with E-state index in [9.17, 15) is 0 Å². The molecule has 1 fully saturated rings. The van der Waals surface area contributed by atoms with Crippen LogP contribution in [0.2, 0.25) is 0 Å². The van der Waals surface area contributed by atoms with Crippen molar-refractivity contribution in [3.8, 4) is 11.4 Å². The molecule has 9 heteroatoms. The van der Waals surface area contributed by atoms with Gasteiger partial charge in [-0.25, -0.2) is 9.97 Å². The van der Waals surface area contributed by atoms with Crippen LogP contribution in [0.15, 0.2) is 65.6 Å². The van der Waals surface area contributed by atoms with Crippen molar-refractivity contribution in [3.63, 3.8) is 0 Å². The molecule has 1 aromatic heterocycles. The zero-order valence-corrected chi connectivity index (χ0v) is 21.7. The molecule has 3 N–H and O–H groups in total. The molecule has 0 spiro atoms. The summed E-state index contributed by atoms with van der Waals surface area (Å²) < 4.78 is 5.30. The van der Waals surface area contributed by atoms with Crippen molar-refractivity contribution in [1.29, 1.82) is 0 Å². The van der Waals surface area contributed by atoms with Crippen molar-refractivity contribution in [2.75, 3.05) is 49.7 Å². The Morgan fingerprint density at radius 2 is 1.80 bits per heavy atom. The fraction of sp³-hybridized carbons (Fsp3) is 0.346. The second-order valence-electron chi connectivity index (χ2n) is 8.64. The molecule has 0 bridgehead atoms. The molecule has 1 aliphatic heterocycles. The molecule has 7 nitrogen and oxygen atoms in total. The van der Waals surface area contributed by atoms with Gasteiger partial charge >= 0.3 is 0 Å². The van der Waals surface area contributed by atoms with Gasteiger partial charge < -0.3 is 25.4 Å². The topological polar surface area (TPSA) is 82.5 Å². The minimum atomic E-state index is -0.258. The molecule has 3 aromatic rings. The maximum Gasteiger partial charge on any atom is 0.170 e. The highest BCUT2D eigenvalue weighted by Gasteiger charge is 2.27. The molecule has 2 heterocycles. The molecule has 0 atom stereocenters. The van der Waals surface area contributed by atoms with Gasteiger partial charge in [0.25, 0.3) is 0 Å². The van der Waals surface area contributed by atoms with Crippen LogP contribution in [0.3, 0.4) is 0 Å². The van der Waals surface area contributed by atoms with E-state index in [0.717, 1.165) is 35.9 Å². The number of nitrogens with one attached hydrogen (secondary N) is 2. The summed E-state index contributed by atoms with van der Waals surface area (Å²) in [5.41, 5.74) is 2.77. The van der Waals surface area contributed by atoms with E-state index in [1.54, 1.807) is 11.8 Å². The van der Waals surface area contributed by atoms with E-state index in [4.69, 9.17) is 32.0 Å². The number of hydrogen-bond acceptors (Lipinski definition) is 7. The first-order chi connectivity index (χ1) is 16.9. The Morgan fingerprint density at radius 1 is 1.09 bits per heavy atom. The van der Waals surface area contributed by atoms with E-state index >= 15 is 0 Å². The Kier molecular flexibility index (Phi) is 8.56. The zero-order chi connectivity index (χ0) is 24.7. The normalized spacial score (nSPS) is 14.0. The third-order valence-electron chi connectivity index (χ3n) is 5.58. The van der Waals surface area contributed by atoms with Crippen molar-refractivity contribution >= 4 is 40.6 Å². The molecule has 1 aliphatic rings. The van der Waals surface area contributed by atoms with E-state index in [2.05, 4.69) is 59.7 Å². The van der Waals surface area contributed by atoms with Gasteiger partial charge in [-0.3, -0.25) is 0 Å². The number of thiocarbonyl (C=S) groups is 1. The molecule has 2 aromatic carbocycles. The maximum absolute atomic E-state index is 8.95. The van der Waals surface area contributed by atoms with Crippen molar-refractivity contribution in [2.45, 2.75) is 23.5 Å². The summed E-state index contributed by atoms with van der Waals surface area (Å²) >= 11 is 7.04. The van der Waals surface area contributed by atoms with Gasteiger partial charge in [-0.1, -0.05) is 18.2 Å². The molecule has 1 saturated heterocycles. The van der Waals surface area contributed by atoms with E-state index in [0.29, 0.717) is 30.7 Å². The maximum atomic E-state index is 8.95. The van der Waals surface area contributed by atoms with Crippen molar-refractivity contribution in [2.24, 2.45) is 0 Å². The third-order valence-corrected chi connectivity index (χ3v) is 7.05. The van der Waals surface area contributed by atoms with Crippen LogP contribution in [-0.4, -0.2) is 59.6 Å². The number of hydrogen-bond donors (Lipinski definition) is 3. The average molecular weight is 510 g/mol. The highest BCUT2D eigenvalue weighted by molar-refractivity contribution is 8.00. The van der Waals surface area contributed by atoms with Crippen molar-refractivity contribution in [1.82, 2.24) is 15.3 Å².